The molecular weight excluding hydrogens is 576 g/mol. The fourth-order valence-corrected chi connectivity index (χ4v) is 6.02. The number of primary amides is 1. The van der Waals surface area contributed by atoms with E-state index in [4.69, 9.17) is 5.73 Å². The molecule has 0 radical (unpaired) electrons. The highest BCUT2D eigenvalue weighted by Crippen LogP contribution is 2.64. The maximum atomic E-state index is 15.0. The van der Waals surface area contributed by atoms with Gasteiger partial charge in [-0.25, -0.2) is 26.3 Å². The molecule has 224 valence electrons. The smallest absolute Gasteiger partial charge is 0.282 e. The van der Waals surface area contributed by atoms with Gasteiger partial charge >= 0.3 is 0 Å². The van der Waals surface area contributed by atoms with Crippen molar-refractivity contribution in [2.45, 2.75) is 50.2 Å². The number of carbonyl (C=O) groups is 1. The van der Waals surface area contributed by atoms with Crippen molar-refractivity contribution in [1.82, 2.24) is 20.1 Å². The van der Waals surface area contributed by atoms with E-state index < -0.39 is 60.5 Å². The number of nitrogens with one attached hydrogen (secondary N) is 1. The predicted octanol–water partition coefficient (Wildman–Crippen LogP) is 5.42. The fraction of sp³-hybridized carbons (Fsp3) is 0.300. The Morgan fingerprint density at radius 3 is 2.53 bits per heavy atom. The van der Waals surface area contributed by atoms with Crippen molar-refractivity contribution < 1.29 is 36.2 Å². The predicted molar refractivity (Wildman–Crippen MR) is 142 cm³/mol. The number of alkyl halides is 3. The SMILES string of the molecule is NC(=O)c1cc(-c2cccnc2[C@H](Cc2cc(F)cc(F)c2)NC(O)Cn2nc(C(F)F)c3c2C(F)C2CC32)ccc1F. The van der Waals surface area contributed by atoms with Crippen LogP contribution in [-0.4, -0.2) is 32.0 Å². The normalized spacial score (nSPS) is 20.1. The number of halogens is 6. The highest BCUT2D eigenvalue weighted by atomic mass is 19.3. The van der Waals surface area contributed by atoms with E-state index in [1.54, 1.807) is 12.1 Å². The lowest BCUT2D eigenvalue weighted by molar-refractivity contribution is 0.0941. The molecule has 6 rings (SSSR count). The zero-order chi connectivity index (χ0) is 30.6. The summed E-state index contributed by atoms with van der Waals surface area (Å²) in [4.78, 5) is 16.2. The molecular formula is C30H25F6N5O2. The summed E-state index contributed by atoms with van der Waals surface area (Å²) >= 11 is 0. The minimum atomic E-state index is -2.92. The third kappa shape index (κ3) is 5.50. The third-order valence-electron chi connectivity index (χ3n) is 7.93. The second kappa shape index (κ2) is 11.1. The average Bonchev–Trinajstić information content (AvgIpc) is 3.57. The average molecular weight is 602 g/mol. The Balaban J connectivity index is 1.36. The molecule has 4 unspecified atom stereocenters. The van der Waals surface area contributed by atoms with Crippen molar-refractivity contribution in [3.05, 3.63) is 106 Å². The number of rotatable bonds is 10. The molecule has 2 aromatic carbocycles. The maximum Gasteiger partial charge on any atom is 0.282 e. The van der Waals surface area contributed by atoms with E-state index in [-0.39, 0.29) is 46.3 Å². The van der Waals surface area contributed by atoms with Gasteiger partial charge in [-0.05, 0) is 60.2 Å². The van der Waals surface area contributed by atoms with Crippen molar-refractivity contribution in [3.63, 3.8) is 0 Å². The number of amides is 1. The van der Waals surface area contributed by atoms with Gasteiger partial charge in [0.05, 0.1) is 29.5 Å². The van der Waals surface area contributed by atoms with Crippen molar-refractivity contribution in [2.24, 2.45) is 11.7 Å². The molecule has 2 heterocycles. The second-order valence-electron chi connectivity index (χ2n) is 10.8. The minimum Gasteiger partial charge on any atom is -0.377 e. The topological polar surface area (TPSA) is 106 Å². The summed E-state index contributed by atoms with van der Waals surface area (Å²) < 4.78 is 86.0. The van der Waals surface area contributed by atoms with E-state index in [9.17, 15) is 31.9 Å². The van der Waals surface area contributed by atoms with Gasteiger partial charge in [0.25, 0.3) is 12.3 Å². The molecule has 0 aliphatic heterocycles. The quantitative estimate of drug-likeness (QED) is 0.166. The van der Waals surface area contributed by atoms with Crippen LogP contribution in [0.5, 0.6) is 0 Å². The first-order chi connectivity index (χ1) is 20.5. The molecule has 2 aliphatic rings. The number of fused-ring (bicyclic) bond motifs is 3. The molecule has 4 aromatic rings. The van der Waals surface area contributed by atoms with Crippen LogP contribution in [0.25, 0.3) is 11.1 Å². The molecule has 7 nitrogen and oxygen atoms in total. The maximum absolute atomic E-state index is 15.0. The Hall–Kier alpha value is -4.23. The molecule has 2 aromatic heterocycles. The Kier molecular flexibility index (Phi) is 7.46. The van der Waals surface area contributed by atoms with Gasteiger partial charge in [0.1, 0.15) is 35.5 Å². The van der Waals surface area contributed by atoms with Crippen LogP contribution in [0.15, 0.2) is 54.7 Å². The lowest BCUT2D eigenvalue weighted by Crippen LogP contribution is -2.38. The largest absolute Gasteiger partial charge is 0.377 e. The molecule has 43 heavy (non-hydrogen) atoms. The van der Waals surface area contributed by atoms with E-state index in [0.717, 1.165) is 22.9 Å². The number of benzene rings is 2. The number of hydrogen-bond acceptors (Lipinski definition) is 5. The highest BCUT2D eigenvalue weighted by molar-refractivity contribution is 5.94. The molecule has 13 heteroatoms. The third-order valence-corrected chi connectivity index (χ3v) is 7.93. The zero-order valence-corrected chi connectivity index (χ0v) is 22.3. The lowest BCUT2D eigenvalue weighted by Gasteiger charge is -2.25. The Labute approximate surface area is 241 Å². The Morgan fingerprint density at radius 1 is 1.09 bits per heavy atom. The summed E-state index contributed by atoms with van der Waals surface area (Å²) in [5.41, 5.74) is 5.82. The van der Waals surface area contributed by atoms with Crippen LogP contribution < -0.4 is 11.1 Å². The fourth-order valence-electron chi connectivity index (χ4n) is 6.02. The van der Waals surface area contributed by atoms with Gasteiger partial charge in [0.2, 0.25) is 0 Å². The number of aliphatic hydroxyl groups excluding tert-OH is 1. The summed E-state index contributed by atoms with van der Waals surface area (Å²) in [5.74, 6) is -4.20. The number of aliphatic hydroxyl groups is 1. The summed E-state index contributed by atoms with van der Waals surface area (Å²) in [5, 5.41) is 17.9. The molecule has 0 bridgehead atoms. The standard InChI is InChI=1S/C30H25F6N5O2/c31-15-6-13(7-16(32)10-15)8-22(26-17(2-1-5-38-26)14-3-4-21(33)20(9-14)30(37)43)39-23(42)12-41-28-24(27(40-41)29(35)36)18-11-19(18)25(28)34/h1-7,9-10,18-19,22-23,25,29,39,42H,8,11-12H2,(H2,37,43)/t18?,19?,22-,23?,25?/m0/s1. The molecule has 1 saturated carbocycles. The van der Waals surface area contributed by atoms with Gasteiger partial charge in [0, 0.05) is 29.3 Å². The molecule has 4 N–H and O–H groups in total. The first-order valence-electron chi connectivity index (χ1n) is 13.5. The minimum absolute atomic E-state index is 0.0185. The van der Waals surface area contributed by atoms with Crippen LogP contribution in [0, 0.1) is 23.4 Å². The molecule has 1 amide bonds. The zero-order valence-electron chi connectivity index (χ0n) is 22.3. The van der Waals surface area contributed by atoms with Crippen molar-refractivity contribution >= 4 is 5.91 Å². The summed E-state index contributed by atoms with van der Waals surface area (Å²) in [6, 6.07) is 8.81. The monoisotopic (exact) mass is 601 g/mol. The molecule has 0 saturated heterocycles. The van der Waals surface area contributed by atoms with E-state index in [2.05, 4.69) is 15.4 Å². The van der Waals surface area contributed by atoms with Crippen LogP contribution in [0.2, 0.25) is 0 Å². The molecule has 0 spiro atoms. The van der Waals surface area contributed by atoms with Crippen LogP contribution in [0.1, 0.15) is 69.5 Å². The first-order valence-corrected chi connectivity index (χ1v) is 13.5. The Morgan fingerprint density at radius 2 is 1.84 bits per heavy atom. The highest BCUT2D eigenvalue weighted by Gasteiger charge is 2.57. The van der Waals surface area contributed by atoms with E-state index in [1.807, 2.05) is 0 Å². The number of hydrogen-bond donors (Lipinski definition) is 3. The summed E-state index contributed by atoms with van der Waals surface area (Å²) in [6.07, 6.45) is -4.13. The van der Waals surface area contributed by atoms with Gasteiger partial charge in [-0.2, -0.15) is 5.10 Å². The van der Waals surface area contributed by atoms with Crippen LogP contribution in [0.4, 0.5) is 26.3 Å². The van der Waals surface area contributed by atoms with E-state index >= 15 is 4.39 Å². The van der Waals surface area contributed by atoms with Crippen molar-refractivity contribution in [2.75, 3.05) is 0 Å². The first kappa shape index (κ1) is 28.9. The number of pyridine rings is 1. The van der Waals surface area contributed by atoms with Crippen LogP contribution in [0.3, 0.4) is 0 Å². The van der Waals surface area contributed by atoms with Gasteiger partial charge in [-0.3, -0.25) is 19.8 Å². The lowest BCUT2D eigenvalue weighted by atomic mass is 9.94. The summed E-state index contributed by atoms with van der Waals surface area (Å²) in [7, 11) is 0. The van der Waals surface area contributed by atoms with Gasteiger partial charge in [-0.1, -0.05) is 12.1 Å². The number of aromatic nitrogens is 3. The summed E-state index contributed by atoms with van der Waals surface area (Å²) in [6.45, 7) is -0.409. The number of carbonyl (C=O) groups excluding carboxylic acids is 1. The van der Waals surface area contributed by atoms with Gasteiger partial charge in [-0.15, -0.1) is 0 Å². The second-order valence-corrected chi connectivity index (χ2v) is 10.8. The Bertz CT molecular complexity index is 1690. The molecule has 1 fully saturated rings. The van der Waals surface area contributed by atoms with Crippen molar-refractivity contribution in [3.8, 4) is 11.1 Å². The van der Waals surface area contributed by atoms with Gasteiger partial charge in [0.15, 0.2) is 0 Å². The van der Waals surface area contributed by atoms with Crippen LogP contribution in [-0.2, 0) is 13.0 Å². The van der Waals surface area contributed by atoms with Gasteiger partial charge < -0.3 is 10.8 Å². The molecule has 2 aliphatic carbocycles. The van der Waals surface area contributed by atoms with Crippen molar-refractivity contribution in [1.29, 1.82) is 0 Å². The molecule has 5 atom stereocenters. The van der Waals surface area contributed by atoms with E-state index in [0.29, 0.717) is 23.6 Å². The van der Waals surface area contributed by atoms with E-state index in [1.165, 1.54) is 18.3 Å². The van der Waals surface area contributed by atoms with Crippen LogP contribution >= 0.6 is 0 Å². The number of nitrogens with zero attached hydrogens (tertiary/aromatic N) is 3. The number of nitrogens with two attached hydrogens (primary N) is 1.